The first-order valence-electron chi connectivity index (χ1n) is 6.40. The number of halogens is 3. The van der Waals surface area contributed by atoms with Crippen LogP contribution in [0, 0.1) is 0 Å². The number of benzene rings is 2. The third kappa shape index (κ3) is 3.76. The fourth-order valence-corrected chi connectivity index (χ4v) is 3.06. The van der Waals surface area contributed by atoms with E-state index in [0.29, 0.717) is 33.0 Å². The van der Waals surface area contributed by atoms with E-state index >= 15 is 0 Å². The number of rotatable bonds is 5. The summed E-state index contributed by atoms with van der Waals surface area (Å²) in [5, 5.41) is 1.82. The predicted molar refractivity (Wildman–Crippen MR) is 88.4 cm³/mol. The van der Waals surface area contributed by atoms with E-state index in [2.05, 4.69) is 0 Å². The molecule has 2 nitrogen and oxygen atoms in total. The Morgan fingerprint density at radius 1 is 0.905 bits per heavy atom. The summed E-state index contributed by atoms with van der Waals surface area (Å²) in [6, 6.07) is 9.23. The first-order valence-corrected chi connectivity index (χ1v) is 7.53. The molecule has 0 unspecified atom stereocenters. The molecular formula is C16H15Cl3O2. The minimum Gasteiger partial charge on any atom is -0.497 e. The highest BCUT2D eigenvalue weighted by molar-refractivity contribution is 6.36. The standard InChI is InChI=1S/C16H15Cl3O2/c1-20-11-8-13(17)12(14(18)9-11)7-6-10-4-3-5-15(21-2)16(10)19/h3-5,8-9H,6-7H2,1-2H3. The molecule has 2 aromatic carbocycles. The van der Waals surface area contributed by atoms with Crippen LogP contribution in [0.3, 0.4) is 0 Å². The number of methoxy groups -OCH3 is 2. The smallest absolute Gasteiger partial charge is 0.137 e. The molecule has 0 saturated heterocycles. The summed E-state index contributed by atoms with van der Waals surface area (Å²) in [6.07, 6.45) is 1.41. The van der Waals surface area contributed by atoms with Crippen molar-refractivity contribution in [3.63, 3.8) is 0 Å². The van der Waals surface area contributed by atoms with Crippen LogP contribution < -0.4 is 9.47 Å². The van der Waals surface area contributed by atoms with Crippen LogP contribution in [0.15, 0.2) is 30.3 Å². The molecule has 0 atom stereocenters. The van der Waals surface area contributed by atoms with Gasteiger partial charge in [-0.15, -0.1) is 0 Å². The summed E-state index contributed by atoms with van der Waals surface area (Å²) in [4.78, 5) is 0. The topological polar surface area (TPSA) is 18.5 Å². The van der Waals surface area contributed by atoms with Crippen molar-refractivity contribution >= 4 is 34.8 Å². The van der Waals surface area contributed by atoms with Crippen LogP contribution in [-0.2, 0) is 12.8 Å². The Labute approximate surface area is 139 Å². The van der Waals surface area contributed by atoms with E-state index in [-0.39, 0.29) is 0 Å². The van der Waals surface area contributed by atoms with Crippen LogP contribution in [0.2, 0.25) is 15.1 Å². The zero-order valence-electron chi connectivity index (χ0n) is 11.8. The lowest BCUT2D eigenvalue weighted by molar-refractivity contribution is 0.414. The van der Waals surface area contributed by atoms with Crippen LogP contribution in [0.4, 0.5) is 0 Å². The van der Waals surface area contributed by atoms with Crippen LogP contribution >= 0.6 is 34.8 Å². The van der Waals surface area contributed by atoms with Crippen molar-refractivity contribution in [2.45, 2.75) is 12.8 Å². The molecule has 0 N–H and O–H groups in total. The lowest BCUT2D eigenvalue weighted by Crippen LogP contribution is -1.97. The third-order valence-corrected chi connectivity index (χ3v) is 4.36. The van der Waals surface area contributed by atoms with Crippen molar-refractivity contribution in [2.75, 3.05) is 14.2 Å². The number of hydrogen-bond acceptors (Lipinski definition) is 2. The SMILES string of the molecule is COc1cc(Cl)c(CCc2cccc(OC)c2Cl)c(Cl)c1. The van der Waals surface area contributed by atoms with Crippen molar-refractivity contribution in [1.29, 1.82) is 0 Å². The van der Waals surface area contributed by atoms with Crippen LogP contribution in [-0.4, -0.2) is 14.2 Å². The molecular weight excluding hydrogens is 331 g/mol. The molecule has 0 aliphatic carbocycles. The summed E-state index contributed by atoms with van der Waals surface area (Å²) >= 11 is 18.8. The second kappa shape index (κ2) is 7.26. The first kappa shape index (κ1) is 16.3. The molecule has 21 heavy (non-hydrogen) atoms. The molecule has 0 radical (unpaired) electrons. The molecule has 2 rings (SSSR count). The third-order valence-electron chi connectivity index (χ3n) is 3.26. The molecule has 0 fully saturated rings. The minimum atomic E-state index is 0.596. The second-order valence-electron chi connectivity index (χ2n) is 4.50. The van der Waals surface area contributed by atoms with Gasteiger partial charge in [0.15, 0.2) is 0 Å². The van der Waals surface area contributed by atoms with E-state index in [1.807, 2.05) is 18.2 Å². The highest BCUT2D eigenvalue weighted by Crippen LogP contribution is 2.33. The van der Waals surface area contributed by atoms with Gasteiger partial charge in [0, 0.05) is 10.0 Å². The van der Waals surface area contributed by atoms with Crippen LogP contribution in [0.5, 0.6) is 11.5 Å². The van der Waals surface area contributed by atoms with Gasteiger partial charge in [-0.05, 0) is 42.2 Å². The van der Waals surface area contributed by atoms with Gasteiger partial charge in [0.2, 0.25) is 0 Å². The van der Waals surface area contributed by atoms with Gasteiger partial charge in [-0.2, -0.15) is 0 Å². The van der Waals surface area contributed by atoms with E-state index in [4.69, 9.17) is 44.3 Å². The molecule has 0 amide bonds. The fourth-order valence-electron chi connectivity index (χ4n) is 2.10. The lowest BCUT2D eigenvalue weighted by Gasteiger charge is -2.11. The Balaban J connectivity index is 2.21. The van der Waals surface area contributed by atoms with E-state index < -0.39 is 0 Å². The zero-order valence-corrected chi connectivity index (χ0v) is 14.0. The highest BCUT2D eigenvalue weighted by Gasteiger charge is 2.11. The van der Waals surface area contributed by atoms with Gasteiger partial charge in [-0.3, -0.25) is 0 Å². The maximum Gasteiger partial charge on any atom is 0.137 e. The van der Waals surface area contributed by atoms with E-state index in [1.54, 1.807) is 26.4 Å². The Morgan fingerprint density at radius 3 is 2.14 bits per heavy atom. The van der Waals surface area contributed by atoms with Gasteiger partial charge < -0.3 is 9.47 Å². The van der Waals surface area contributed by atoms with Gasteiger partial charge in [0.25, 0.3) is 0 Å². The molecule has 0 aliphatic rings. The molecule has 0 spiro atoms. The Hall–Kier alpha value is -1.09. The van der Waals surface area contributed by atoms with Gasteiger partial charge in [0.05, 0.1) is 19.2 Å². The molecule has 0 aliphatic heterocycles. The molecule has 2 aromatic rings. The Morgan fingerprint density at radius 2 is 1.57 bits per heavy atom. The van der Waals surface area contributed by atoms with E-state index in [9.17, 15) is 0 Å². The van der Waals surface area contributed by atoms with E-state index in [1.165, 1.54) is 0 Å². The number of aryl methyl sites for hydroxylation is 1. The lowest BCUT2D eigenvalue weighted by atomic mass is 10.0. The predicted octanol–water partition coefficient (Wildman–Crippen LogP) is 5.45. The molecule has 0 heterocycles. The quantitative estimate of drug-likeness (QED) is 0.717. The van der Waals surface area contributed by atoms with Crippen molar-refractivity contribution in [2.24, 2.45) is 0 Å². The summed E-state index contributed by atoms with van der Waals surface area (Å²) in [5.41, 5.74) is 1.89. The number of ether oxygens (including phenoxy) is 2. The van der Waals surface area contributed by atoms with Crippen LogP contribution in [0.25, 0.3) is 0 Å². The highest BCUT2D eigenvalue weighted by atomic mass is 35.5. The normalized spacial score (nSPS) is 10.5. The molecule has 112 valence electrons. The maximum atomic E-state index is 6.29. The molecule has 0 saturated carbocycles. The Bertz CT molecular complexity index is 618. The fraction of sp³-hybridized carbons (Fsp3) is 0.250. The second-order valence-corrected chi connectivity index (χ2v) is 5.70. The van der Waals surface area contributed by atoms with Gasteiger partial charge in [-0.1, -0.05) is 46.9 Å². The van der Waals surface area contributed by atoms with Gasteiger partial charge in [-0.25, -0.2) is 0 Å². The number of hydrogen-bond donors (Lipinski definition) is 0. The molecule has 5 heteroatoms. The summed E-state index contributed by atoms with van der Waals surface area (Å²) in [7, 11) is 3.18. The molecule has 0 bridgehead atoms. The summed E-state index contributed by atoms with van der Waals surface area (Å²) < 4.78 is 10.4. The van der Waals surface area contributed by atoms with Crippen molar-refractivity contribution in [3.8, 4) is 11.5 Å². The summed E-state index contributed by atoms with van der Waals surface area (Å²) in [6.45, 7) is 0. The monoisotopic (exact) mass is 344 g/mol. The van der Waals surface area contributed by atoms with Crippen molar-refractivity contribution in [3.05, 3.63) is 56.5 Å². The zero-order chi connectivity index (χ0) is 15.4. The van der Waals surface area contributed by atoms with Crippen molar-refractivity contribution < 1.29 is 9.47 Å². The first-order chi connectivity index (χ1) is 10.1. The maximum absolute atomic E-state index is 6.29. The molecule has 0 aromatic heterocycles. The van der Waals surface area contributed by atoms with Crippen LogP contribution in [0.1, 0.15) is 11.1 Å². The van der Waals surface area contributed by atoms with Gasteiger partial charge in [0.1, 0.15) is 11.5 Å². The minimum absolute atomic E-state index is 0.596. The average molecular weight is 346 g/mol. The largest absolute Gasteiger partial charge is 0.497 e. The average Bonchev–Trinajstić information content (AvgIpc) is 2.47. The van der Waals surface area contributed by atoms with Gasteiger partial charge >= 0.3 is 0 Å². The summed E-state index contributed by atoms with van der Waals surface area (Å²) in [5.74, 6) is 1.31. The Kier molecular flexibility index (Phi) is 5.63. The van der Waals surface area contributed by atoms with E-state index in [0.717, 1.165) is 17.5 Å². The van der Waals surface area contributed by atoms with Crippen molar-refractivity contribution in [1.82, 2.24) is 0 Å².